The van der Waals surface area contributed by atoms with E-state index in [-0.39, 0.29) is 18.0 Å². The number of aliphatic carboxylic acids is 1. The van der Waals surface area contributed by atoms with Crippen LogP contribution in [0, 0.1) is 0 Å². The van der Waals surface area contributed by atoms with Crippen LogP contribution in [-0.2, 0) is 17.6 Å². The molecule has 1 aromatic rings. The lowest BCUT2D eigenvalue weighted by molar-refractivity contribution is -0.136. The topological polar surface area (TPSA) is 75.1 Å². The Morgan fingerprint density at radius 2 is 2.05 bits per heavy atom. The lowest BCUT2D eigenvalue weighted by Gasteiger charge is -2.21. The number of H-pyrrole nitrogens is 1. The van der Waals surface area contributed by atoms with Crippen molar-refractivity contribution >= 4 is 5.97 Å². The minimum atomic E-state index is -0.855. The summed E-state index contributed by atoms with van der Waals surface area (Å²) in [6, 6.07) is 0.269. The van der Waals surface area contributed by atoms with Gasteiger partial charge in [0.2, 0.25) is 0 Å². The zero-order valence-electron chi connectivity index (χ0n) is 11.4. The molecule has 0 unspecified atom stereocenters. The number of rotatable bonds is 5. The Morgan fingerprint density at radius 3 is 2.63 bits per heavy atom. The van der Waals surface area contributed by atoms with E-state index in [0.717, 1.165) is 25.0 Å². The van der Waals surface area contributed by atoms with E-state index >= 15 is 0 Å². The molecule has 5 heteroatoms. The van der Waals surface area contributed by atoms with Gasteiger partial charge in [-0.05, 0) is 25.7 Å². The Bertz CT molecular complexity index is 495. The van der Waals surface area contributed by atoms with Gasteiger partial charge in [-0.15, -0.1) is 0 Å². The van der Waals surface area contributed by atoms with Gasteiger partial charge in [0, 0.05) is 17.7 Å². The third kappa shape index (κ3) is 3.08. The Kier molecular flexibility index (Phi) is 4.45. The Hall–Kier alpha value is -1.52. The molecule has 0 spiro atoms. The molecule has 0 aliphatic heterocycles. The van der Waals surface area contributed by atoms with Crippen LogP contribution < -0.4 is 5.56 Å². The maximum Gasteiger partial charge on any atom is 0.303 e. The van der Waals surface area contributed by atoms with E-state index < -0.39 is 5.97 Å². The first-order valence-electron chi connectivity index (χ1n) is 7.17. The summed E-state index contributed by atoms with van der Waals surface area (Å²) < 4.78 is 1.75. The van der Waals surface area contributed by atoms with Crippen LogP contribution in [0.5, 0.6) is 0 Å². The van der Waals surface area contributed by atoms with Crippen LogP contribution in [0.25, 0.3) is 0 Å². The average molecular weight is 266 g/mol. The summed E-state index contributed by atoms with van der Waals surface area (Å²) in [6.07, 6.45) is 6.76. The maximum atomic E-state index is 12.4. The Morgan fingerprint density at radius 1 is 1.37 bits per heavy atom. The molecule has 1 aliphatic rings. The monoisotopic (exact) mass is 266 g/mol. The second-order valence-electron chi connectivity index (χ2n) is 5.28. The molecule has 1 saturated carbocycles. The molecule has 0 amide bonds. The van der Waals surface area contributed by atoms with Gasteiger partial charge in [0.15, 0.2) is 0 Å². The molecule has 0 radical (unpaired) electrons. The number of carbonyl (C=O) groups is 1. The van der Waals surface area contributed by atoms with Crippen LogP contribution in [0.1, 0.15) is 62.7 Å². The van der Waals surface area contributed by atoms with E-state index in [1.807, 2.05) is 6.92 Å². The quantitative estimate of drug-likeness (QED) is 0.858. The van der Waals surface area contributed by atoms with Gasteiger partial charge in [0.1, 0.15) is 0 Å². The molecule has 106 valence electrons. The van der Waals surface area contributed by atoms with Crippen molar-refractivity contribution < 1.29 is 9.90 Å². The van der Waals surface area contributed by atoms with Gasteiger partial charge < -0.3 is 5.11 Å². The summed E-state index contributed by atoms with van der Waals surface area (Å²) in [5.74, 6) is -0.855. The van der Waals surface area contributed by atoms with Crippen LogP contribution in [0.4, 0.5) is 0 Å². The van der Waals surface area contributed by atoms with E-state index in [4.69, 9.17) is 5.11 Å². The van der Waals surface area contributed by atoms with E-state index in [1.165, 1.54) is 19.3 Å². The number of aromatic amines is 1. The van der Waals surface area contributed by atoms with Crippen molar-refractivity contribution in [3.8, 4) is 0 Å². The van der Waals surface area contributed by atoms with E-state index in [1.54, 1.807) is 4.68 Å². The Labute approximate surface area is 112 Å². The van der Waals surface area contributed by atoms with Gasteiger partial charge in [-0.3, -0.25) is 14.7 Å². The summed E-state index contributed by atoms with van der Waals surface area (Å²) in [4.78, 5) is 23.1. The van der Waals surface area contributed by atoms with Crippen LogP contribution in [0.2, 0.25) is 0 Å². The standard InChI is InChI=1S/C14H22N2O3/c1-2-12-11(8-9-13(17)18)14(19)16(15-12)10-6-4-3-5-7-10/h10,15H,2-9H2,1H3,(H,17,18). The van der Waals surface area contributed by atoms with Crippen molar-refractivity contribution in [3.63, 3.8) is 0 Å². The van der Waals surface area contributed by atoms with Gasteiger partial charge in [-0.1, -0.05) is 26.2 Å². The van der Waals surface area contributed by atoms with Gasteiger partial charge in [-0.2, -0.15) is 0 Å². The minimum Gasteiger partial charge on any atom is -0.481 e. The van der Waals surface area contributed by atoms with Gasteiger partial charge in [0.25, 0.3) is 5.56 Å². The first-order chi connectivity index (χ1) is 9.13. The fourth-order valence-electron chi connectivity index (χ4n) is 2.92. The molecular weight excluding hydrogens is 244 g/mol. The molecule has 2 rings (SSSR count). The highest BCUT2D eigenvalue weighted by Crippen LogP contribution is 2.26. The fraction of sp³-hybridized carbons (Fsp3) is 0.714. The van der Waals surface area contributed by atoms with Gasteiger partial charge in [-0.25, -0.2) is 4.68 Å². The lowest BCUT2D eigenvalue weighted by atomic mass is 9.96. The highest BCUT2D eigenvalue weighted by molar-refractivity contribution is 5.67. The molecule has 0 atom stereocenters. The molecule has 1 aliphatic carbocycles. The predicted molar refractivity (Wildman–Crippen MR) is 72.5 cm³/mol. The predicted octanol–water partition coefficient (Wildman–Crippen LogP) is 2.26. The number of nitrogens with one attached hydrogen (secondary N) is 1. The van der Waals surface area contributed by atoms with E-state index in [9.17, 15) is 9.59 Å². The summed E-state index contributed by atoms with van der Waals surface area (Å²) in [5, 5.41) is 12.0. The summed E-state index contributed by atoms with van der Waals surface area (Å²) in [5.41, 5.74) is 1.55. The highest BCUT2D eigenvalue weighted by atomic mass is 16.4. The van der Waals surface area contributed by atoms with Crippen LogP contribution >= 0.6 is 0 Å². The molecule has 0 bridgehead atoms. The number of hydrogen-bond donors (Lipinski definition) is 2. The van der Waals surface area contributed by atoms with Crippen LogP contribution in [0.15, 0.2) is 4.79 Å². The number of hydrogen-bond acceptors (Lipinski definition) is 2. The SMILES string of the molecule is CCc1[nH]n(C2CCCCC2)c(=O)c1CCC(=O)O. The molecule has 1 heterocycles. The van der Waals surface area contributed by atoms with Crippen molar-refractivity contribution in [2.45, 2.75) is 64.3 Å². The van der Waals surface area contributed by atoms with Crippen molar-refractivity contribution in [3.05, 3.63) is 21.6 Å². The maximum absolute atomic E-state index is 12.4. The summed E-state index contributed by atoms with van der Waals surface area (Å²) >= 11 is 0. The first kappa shape index (κ1) is 13.9. The molecule has 5 nitrogen and oxygen atoms in total. The third-order valence-corrected chi connectivity index (χ3v) is 3.98. The van der Waals surface area contributed by atoms with Crippen LogP contribution in [0.3, 0.4) is 0 Å². The number of aryl methyl sites for hydroxylation is 1. The Balaban J connectivity index is 2.25. The second kappa shape index (κ2) is 6.08. The lowest BCUT2D eigenvalue weighted by Crippen LogP contribution is -2.26. The fourth-order valence-corrected chi connectivity index (χ4v) is 2.92. The molecule has 0 aromatic carbocycles. The first-order valence-corrected chi connectivity index (χ1v) is 7.17. The molecule has 0 saturated heterocycles. The van der Waals surface area contributed by atoms with Crippen molar-refractivity contribution in [2.75, 3.05) is 0 Å². The smallest absolute Gasteiger partial charge is 0.303 e. The van der Waals surface area contributed by atoms with Crippen molar-refractivity contribution in [2.24, 2.45) is 0 Å². The summed E-state index contributed by atoms with van der Waals surface area (Å²) in [7, 11) is 0. The number of aromatic nitrogens is 2. The van der Waals surface area contributed by atoms with E-state index in [2.05, 4.69) is 5.10 Å². The van der Waals surface area contributed by atoms with Gasteiger partial charge in [0.05, 0.1) is 6.04 Å². The molecule has 1 aromatic heterocycles. The number of carboxylic acids is 1. The van der Waals surface area contributed by atoms with E-state index in [0.29, 0.717) is 12.0 Å². The number of carboxylic acid groups (broad SMARTS) is 1. The van der Waals surface area contributed by atoms with Crippen LogP contribution in [-0.4, -0.2) is 20.9 Å². The number of nitrogens with zero attached hydrogens (tertiary/aromatic N) is 1. The van der Waals surface area contributed by atoms with Crippen molar-refractivity contribution in [1.82, 2.24) is 9.78 Å². The van der Waals surface area contributed by atoms with Gasteiger partial charge >= 0.3 is 5.97 Å². The zero-order valence-corrected chi connectivity index (χ0v) is 11.4. The second-order valence-corrected chi connectivity index (χ2v) is 5.28. The largest absolute Gasteiger partial charge is 0.481 e. The molecule has 1 fully saturated rings. The summed E-state index contributed by atoms with van der Waals surface area (Å²) in [6.45, 7) is 1.99. The van der Waals surface area contributed by atoms with Crippen molar-refractivity contribution in [1.29, 1.82) is 0 Å². The third-order valence-electron chi connectivity index (χ3n) is 3.98. The highest BCUT2D eigenvalue weighted by Gasteiger charge is 2.21. The molecule has 19 heavy (non-hydrogen) atoms. The zero-order chi connectivity index (χ0) is 13.8. The average Bonchev–Trinajstić information content (AvgIpc) is 2.74. The minimum absolute atomic E-state index is 0.00926. The molecular formula is C14H22N2O3. The normalized spacial score (nSPS) is 16.7. The molecule has 2 N–H and O–H groups in total.